The van der Waals surface area contributed by atoms with E-state index in [-0.39, 0.29) is 6.61 Å². The van der Waals surface area contributed by atoms with Crippen LogP contribution in [0.5, 0.6) is 5.75 Å². The van der Waals surface area contributed by atoms with Gasteiger partial charge in [-0.25, -0.2) is 4.79 Å². The van der Waals surface area contributed by atoms with Crippen LogP contribution in [0.3, 0.4) is 0 Å². The van der Waals surface area contributed by atoms with Crippen LogP contribution in [-0.4, -0.2) is 6.16 Å². The van der Waals surface area contributed by atoms with Crippen LogP contribution in [0.2, 0.25) is 0 Å². The SMILES string of the molecule is O=C1OCc2c(Br)cccc2O1. The molecule has 1 aliphatic rings. The molecule has 0 saturated heterocycles. The highest BCUT2D eigenvalue weighted by Gasteiger charge is 2.19. The van der Waals surface area contributed by atoms with Gasteiger partial charge < -0.3 is 9.47 Å². The van der Waals surface area contributed by atoms with Crippen molar-refractivity contribution in [1.29, 1.82) is 0 Å². The van der Waals surface area contributed by atoms with Crippen LogP contribution in [0.25, 0.3) is 0 Å². The van der Waals surface area contributed by atoms with Crippen LogP contribution in [-0.2, 0) is 11.3 Å². The number of carbonyl (C=O) groups excluding carboxylic acids is 1. The first kappa shape index (κ1) is 7.61. The van der Waals surface area contributed by atoms with Gasteiger partial charge >= 0.3 is 6.16 Å². The highest BCUT2D eigenvalue weighted by Crippen LogP contribution is 2.30. The largest absolute Gasteiger partial charge is 0.514 e. The number of ether oxygens (including phenoxy) is 2. The monoisotopic (exact) mass is 228 g/mol. The quantitative estimate of drug-likeness (QED) is 0.506. The molecule has 1 heterocycles. The molecule has 0 aromatic heterocycles. The molecule has 0 saturated carbocycles. The van der Waals surface area contributed by atoms with E-state index in [1.807, 2.05) is 12.1 Å². The lowest BCUT2D eigenvalue weighted by molar-refractivity contribution is 0.0782. The Morgan fingerprint density at radius 1 is 1.42 bits per heavy atom. The first-order chi connectivity index (χ1) is 5.77. The van der Waals surface area contributed by atoms with Gasteiger partial charge in [0.05, 0.1) is 0 Å². The molecular weight excluding hydrogens is 224 g/mol. The smallest absolute Gasteiger partial charge is 0.429 e. The molecule has 2 rings (SSSR count). The Bertz CT molecular complexity index is 335. The van der Waals surface area contributed by atoms with Crippen LogP contribution in [0.4, 0.5) is 4.79 Å². The fourth-order valence-electron chi connectivity index (χ4n) is 1.02. The minimum Gasteiger partial charge on any atom is -0.429 e. The molecule has 62 valence electrons. The lowest BCUT2D eigenvalue weighted by Gasteiger charge is -2.16. The van der Waals surface area contributed by atoms with Gasteiger partial charge in [-0.15, -0.1) is 0 Å². The van der Waals surface area contributed by atoms with Crippen molar-refractivity contribution < 1.29 is 14.3 Å². The van der Waals surface area contributed by atoms with E-state index in [1.165, 1.54) is 0 Å². The second-order valence-electron chi connectivity index (χ2n) is 2.36. The van der Waals surface area contributed by atoms with Gasteiger partial charge in [-0.1, -0.05) is 22.0 Å². The molecule has 0 amide bonds. The fraction of sp³-hybridized carbons (Fsp3) is 0.125. The van der Waals surface area contributed by atoms with Crippen molar-refractivity contribution in [2.45, 2.75) is 6.61 Å². The Hall–Kier alpha value is -1.03. The van der Waals surface area contributed by atoms with Gasteiger partial charge in [0, 0.05) is 10.0 Å². The third-order valence-corrected chi connectivity index (χ3v) is 2.35. The molecule has 12 heavy (non-hydrogen) atoms. The van der Waals surface area contributed by atoms with Crippen LogP contribution in [0.15, 0.2) is 22.7 Å². The Morgan fingerprint density at radius 2 is 2.25 bits per heavy atom. The lowest BCUT2D eigenvalue weighted by atomic mass is 10.2. The molecule has 0 radical (unpaired) electrons. The van der Waals surface area contributed by atoms with E-state index in [4.69, 9.17) is 9.47 Å². The molecule has 1 aromatic rings. The first-order valence-corrected chi connectivity index (χ1v) is 4.18. The number of halogens is 1. The van der Waals surface area contributed by atoms with Crippen molar-refractivity contribution >= 4 is 22.1 Å². The molecule has 0 unspecified atom stereocenters. The Kier molecular flexibility index (Phi) is 1.77. The van der Waals surface area contributed by atoms with E-state index in [9.17, 15) is 4.79 Å². The minimum atomic E-state index is -0.638. The van der Waals surface area contributed by atoms with E-state index in [0.29, 0.717) is 5.75 Å². The predicted molar refractivity (Wildman–Crippen MR) is 45.0 cm³/mol. The molecule has 0 bridgehead atoms. The van der Waals surface area contributed by atoms with Gasteiger partial charge in [-0.3, -0.25) is 0 Å². The highest BCUT2D eigenvalue weighted by atomic mass is 79.9. The van der Waals surface area contributed by atoms with Crippen LogP contribution < -0.4 is 4.74 Å². The van der Waals surface area contributed by atoms with E-state index in [0.717, 1.165) is 10.0 Å². The molecular formula is C8H5BrO3. The van der Waals surface area contributed by atoms with Crippen molar-refractivity contribution in [2.24, 2.45) is 0 Å². The molecule has 0 aliphatic carbocycles. The summed E-state index contributed by atoms with van der Waals surface area (Å²) in [5, 5.41) is 0. The van der Waals surface area contributed by atoms with Gasteiger partial charge in [-0.05, 0) is 12.1 Å². The van der Waals surface area contributed by atoms with Crippen molar-refractivity contribution in [3.05, 3.63) is 28.2 Å². The van der Waals surface area contributed by atoms with E-state index < -0.39 is 6.16 Å². The number of fused-ring (bicyclic) bond motifs is 1. The number of hydrogen-bond donors (Lipinski definition) is 0. The second kappa shape index (κ2) is 2.79. The first-order valence-electron chi connectivity index (χ1n) is 3.39. The Labute approximate surface area is 77.4 Å². The molecule has 0 spiro atoms. The number of hydrogen-bond acceptors (Lipinski definition) is 3. The van der Waals surface area contributed by atoms with Crippen LogP contribution in [0, 0.1) is 0 Å². The maximum Gasteiger partial charge on any atom is 0.514 e. The summed E-state index contributed by atoms with van der Waals surface area (Å²) in [4.78, 5) is 10.7. The van der Waals surface area contributed by atoms with E-state index in [2.05, 4.69) is 15.9 Å². The molecule has 3 nitrogen and oxygen atoms in total. The molecule has 0 N–H and O–H groups in total. The number of rotatable bonds is 0. The van der Waals surface area contributed by atoms with Crippen molar-refractivity contribution in [2.75, 3.05) is 0 Å². The van der Waals surface area contributed by atoms with Gasteiger partial charge in [-0.2, -0.15) is 0 Å². The second-order valence-corrected chi connectivity index (χ2v) is 3.21. The zero-order valence-electron chi connectivity index (χ0n) is 6.04. The Morgan fingerprint density at radius 3 is 3.08 bits per heavy atom. The van der Waals surface area contributed by atoms with Gasteiger partial charge in [0.15, 0.2) is 0 Å². The summed E-state index contributed by atoms with van der Waals surface area (Å²) < 4.78 is 10.4. The van der Waals surface area contributed by atoms with E-state index >= 15 is 0 Å². The average Bonchev–Trinajstić information content (AvgIpc) is 2.04. The predicted octanol–water partition coefficient (Wildman–Crippen LogP) is 2.48. The van der Waals surface area contributed by atoms with Crippen molar-refractivity contribution in [1.82, 2.24) is 0 Å². The standard InChI is InChI=1S/C8H5BrO3/c9-6-2-1-3-7-5(6)4-11-8(10)12-7/h1-3H,4H2. The topological polar surface area (TPSA) is 35.5 Å². The third-order valence-electron chi connectivity index (χ3n) is 1.60. The Balaban J connectivity index is 2.48. The number of cyclic esters (lactones) is 1. The summed E-state index contributed by atoms with van der Waals surface area (Å²) in [6, 6.07) is 5.42. The van der Waals surface area contributed by atoms with Crippen LogP contribution in [0.1, 0.15) is 5.56 Å². The van der Waals surface area contributed by atoms with E-state index in [1.54, 1.807) is 6.07 Å². The summed E-state index contributed by atoms with van der Waals surface area (Å²) >= 11 is 3.33. The minimum absolute atomic E-state index is 0.273. The third kappa shape index (κ3) is 1.18. The highest BCUT2D eigenvalue weighted by molar-refractivity contribution is 9.10. The fourth-order valence-corrected chi connectivity index (χ4v) is 1.49. The van der Waals surface area contributed by atoms with Crippen molar-refractivity contribution in [3.63, 3.8) is 0 Å². The molecule has 0 fully saturated rings. The average molecular weight is 229 g/mol. The summed E-state index contributed by atoms with van der Waals surface area (Å²) in [6.07, 6.45) is -0.638. The number of carbonyl (C=O) groups is 1. The van der Waals surface area contributed by atoms with Gasteiger partial charge in [0.2, 0.25) is 0 Å². The maximum atomic E-state index is 10.7. The normalized spacial score (nSPS) is 14.6. The van der Waals surface area contributed by atoms with Gasteiger partial charge in [0.1, 0.15) is 12.4 Å². The summed E-state index contributed by atoms with van der Waals surface area (Å²) in [7, 11) is 0. The molecule has 0 atom stereocenters. The zero-order chi connectivity index (χ0) is 8.55. The molecule has 1 aromatic carbocycles. The maximum absolute atomic E-state index is 10.7. The summed E-state index contributed by atoms with van der Waals surface area (Å²) in [6.45, 7) is 0.273. The number of benzene rings is 1. The lowest BCUT2D eigenvalue weighted by Crippen LogP contribution is -2.17. The molecule has 4 heteroatoms. The molecule has 1 aliphatic heterocycles. The van der Waals surface area contributed by atoms with Gasteiger partial charge in [0.25, 0.3) is 0 Å². The van der Waals surface area contributed by atoms with Crippen LogP contribution >= 0.6 is 15.9 Å². The summed E-state index contributed by atoms with van der Waals surface area (Å²) in [5.41, 5.74) is 0.872. The zero-order valence-corrected chi connectivity index (χ0v) is 7.63. The van der Waals surface area contributed by atoms with Crippen molar-refractivity contribution in [3.8, 4) is 5.75 Å². The summed E-state index contributed by atoms with van der Waals surface area (Å²) in [5.74, 6) is 0.570.